The molecule has 0 saturated heterocycles. The SMILES string of the molecule is CCn1cccc1CNC(C)c1cc(C)oc1C. The third-order valence-electron chi connectivity index (χ3n) is 3.40. The molecule has 98 valence electrons. The summed E-state index contributed by atoms with van der Waals surface area (Å²) in [6, 6.07) is 6.68. The average Bonchev–Trinajstić information content (AvgIpc) is 2.92. The minimum atomic E-state index is 0.308. The fourth-order valence-corrected chi connectivity index (χ4v) is 2.37. The van der Waals surface area contributed by atoms with Crippen molar-refractivity contribution in [2.24, 2.45) is 0 Å². The van der Waals surface area contributed by atoms with Crippen molar-refractivity contribution in [2.45, 2.75) is 46.8 Å². The lowest BCUT2D eigenvalue weighted by molar-refractivity contribution is 0.487. The van der Waals surface area contributed by atoms with Crippen LogP contribution in [0.5, 0.6) is 0 Å². The van der Waals surface area contributed by atoms with Crippen molar-refractivity contribution in [1.82, 2.24) is 9.88 Å². The van der Waals surface area contributed by atoms with Gasteiger partial charge in [0.1, 0.15) is 11.5 Å². The van der Waals surface area contributed by atoms with Gasteiger partial charge in [-0.3, -0.25) is 0 Å². The Hall–Kier alpha value is -1.48. The molecule has 0 saturated carbocycles. The third-order valence-corrected chi connectivity index (χ3v) is 3.40. The highest BCUT2D eigenvalue weighted by Gasteiger charge is 2.12. The predicted molar refractivity (Wildman–Crippen MR) is 73.5 cm³/mol. The maximum Gasteiger partial charge on any atom is 0.105 e. The summed E-state index contributed by atoms with van der Waals surface area (Å²) in [4.78, 5) is 0. The van der Waals surface area contributed by atoms with Crippen LogP contribution in [0.1, 0.15) is 42.7 Å². The zero-order chi connectivity index (χ0) is 13.1. The Labute approximate surface area is 109 Å². The number of hydrogen-bond donors (Lipinski definition) is 1. The summed E-state index contributed by atoms with van der Waals surface area (Å²) >= 11 is 0. The number of nitrogens with zero attached hydrogens (tertiary/aromatic N) is 1. The van der Waals surface area contributed by atoms with Gasteiger partial charge in [0.15, 0.2) is 0 Å². The van der Waals surface area contributed by atoms with Crippen LogP contribution in [0.15, 0.2) is 28.8 Å². The van der Waals surface area contributed by atoms with Gasteiger partial charge in [0.2, 0.25) is 0 Å². The first-order valence-corrected chi connectivity index (χ1v) is 6.56. The van der Waals surface area contributed by atoms with Gasteiger partial charge in [-0.15, -0.1) is 0 Å². The van der Waals surface area contributed by atoms with Crippen LogP contribution < -0.4 is 5.32 Å². The molecule has 1 atom stereocenters. The predicted octanol–water partition coefficient (Wildman–Crippen LogP) is 3.57. The minimum Gasteiger partial charge on any atom is -0.466 e. The van der Waals surface area contributed by atoms with Crippen molar-refractivity contribution < 1.29 is 4.42 Å². The first-order valence-electron chi connectivity index (χ1n) is 6.56. The topological polar surface area (TPSA) is 30.1 Å². The van der Waals surface area contributed by atoms with Gasteiger partial charge in [0.05, 0.1) is 0 Å². The molecule has 2 heterocycles. The maximum absolute atomic E-state index is 5.57. The highest BCUT2D eigenvalue weighted by molar-refractivity contribution is 5.23. The van der Waals surface area contributed by atoms with Gasteiger partial charge in [0, 0.05) is 36.6 Å². The Morgan fingerprint density at radius 2 is 2.17 bits per heavy atom. The van der Waals surface area contributed by atoms with Crippen LogP contribution in [0.3, 0.4) is 0 Å². The zero-order valence-electron chi connectivity index (χ0n) is 11.7. The molecular weight excluding hydrogens is 224 g/mol. The van der Waals surface area contributed by atoms with Crippen molar-refractivity contribution in [3.8, 4) is 0 Å². The minimum absolute atomic E-state index is 0.308. The number of aromatic nitrogens is 1. The van der Waals surface area contributed by atoms with E-state index in [2.05, 4.69) is 48.1 Å². The molecule has 2 rings (SSSR count). The quantitative estimate of drug-likeness (QED) is 0.874. The Morgan fingerprint density at radius 1 is 1.39 bits per heavy atom. The first kappa shape index (κ1) is 13.0. The summed E-state index contributed by atoms with van der Waals surface area (Å²) in [7, 11) is 0. The van der Waals surface area contributed by atoms with Gasteiger partial charge in [-0.1, -0.05) is 0 Å². The second kappa shape index (κ2) is 5.44. The number of rotatable bonds is 5. The molecule has 18 heavy (non-hydrogen) atoms. The molecule has 0 aliphatic carbocycles. The van der Waals surface area contributed by atoms with Gasteiger partial charge < -0.3 is 14.3 Å². The molecular formula is C15H22N2O. The summed E-state index contributed by atoms with van der Waals surface area (Å²) in [5.41, 5.74) is 2.57. The van der Waals surface area contributed by atoms with E-state index in [1.165, 1.54) is 11.3 Å². The Morgan fingerprint density at radius 3 is 2.78 bits per heavy atom. The van der Waals surface area contributed by atoms with Crippen molar-refractivity contribution >= 4 is 0 Å². The molecule has 0 bridgehead atoms. The largest absolute Gasteiger partial charge is 0.466 e. The molecule has 1 N–H and O–H groups in total. The molecule has 0 spiro atoms. The molecule has 3 heteroatoms. The van der Waals surface area contributed by atoms with Crippen LogP contribution in [0, 0.1) is 13.8 Å². The Kier molecular flexibility index (Phi) is 3.92. The normalized spacial score (nSPS) is 12.9. The standard InChI is InChI=1S/C15H22N2O/c1-5-17-8-6-7-14(17)10-16-12(3)15-9-11(2)18-13(15)4/h6-9,12,16H,5,10H2,1-4H3. The van der Waals surface area contributed by atoms with E-state index >= 15 is 0 Å². The Balaban J connectivity index is 2.00. The van der Waals surface area contributed by atoms with Crippen molar-refractivity contribution in [1.29, 1.82) is 0 Å². The van der Waals surface area contributed by atoms with Crippen LogP contribution in [-0.2, 0) is 13.1 Å². The zero-order valence-corrected chi connectivity index (χ0v) is 11.7. The Bertz CT molecular complexity index is 510. The summed E-state index contributed by atoms with van der Waals surface area (Å²) in [6.45, 7) is 10.3. The molecule has 0 aliphatic heterocycles. The van der Waals surface area contributed by atoms with Gasteiger partial charge in [-0.05, 0) is 45.9 Å². The van der Waals surface area contributed by atoms with Gasteiger partial charge in [0.25, 0.3) is 0 Å². The smallest absolute Gasteiger partial charge is 0.105 e. The monoisotopic (exact) mass is 246 g/mol. The molecule has 0 fully saturated rings. The van der Waals surface area contributed by atoms with E-state index in [1.54, 1.807) is 0 Å². The number of aryl methyl sites for hydroxylation is 3. The van der Waals surface area contributed by atoms with Crippen molar-refractivity contribution in [3.05, 3.63) is 47.2 Å². The van der Waals surface area contributed by atoms with E-state index in [0.29, 0.717) is 6.04 Å². The summed E-state index contributed by atoms with van der Waals surface area (Å²) < 4.78 is 7.83. The van der Waals surface area contributed by atoms with Gasteiger partial charge in [-0.2, -0.15) is 0 Å². The summed E-state index contributed by atoms with van der Waals surface area (Å²) in [5, 5.41) is 3.55. The van der Waals surface area contributed by atoms with Crippen molar-refractivity contribution in [2.75, 3.05) is 0 Å². The molecule has 0 aromatic carbocycles. The maximum atomic E-state index is 5.57. The van der Waals surface area contributed by atoms with Crippen LogP contribution in [0.4, 0.5) is 0 Å². The van der Waals surface area contributed by atoms with Crippen molar-refractivity contribution in [3.63, 3.8) is 0 Å². The van der Waals surface area contributed by atoms with Gasteiger partial charge >= 0.3 is 0 Å². The molecule has 0 amide bonds. The molecule has 2 aromatic rings. The average molecular weight is 246 g/mol. The molecule has 3 nitrogen and oxygen atoms in total. The highest BCUT2D eigenvalue weighted by atomic mass is 16.3. The number of nitrogens with one attached hydrogen (secondary N) is 1. The number of furan rings is 1. The van der Waals surface area contributed by atoms with E-state index in [-0.39, 0.29) is 0 Å². The van der Waals surface area contributed by atoms with Crippen LogP contribution >= 0.6 is 0 Å². The fraction of sp³-hybridized carbons (Fsp3) is 0.467. The van der Waals surface area contributed by atoms with Crippen LogP contribution in [0.25, 0.3) is 0 Å². The van der Waals surface area contributed by atoms with Gasteiger partial charge in [-0.25, -0.2) is 0 Å². The third kappa shape index (κ3) is 2.67. The summed E-state index contributed by atoms with van der Waals surface area (Å²) in [5.74, 6) is 1.99. The fourth-order valence-electron chi connectivity index (χ4n) is 2.37. The van der Waals surface area contributed by atoms with E-state index in [0.717, 1.165) is 24.6 Å². The molecule has 0 aliphatic rings. The van der Waals surface area contributed by atoms with E-state index in [9.17, 15) is 0 Å². The summed E-state index contributed by atoms with van der Waals surface area (Å²) in [6.07, 6.45) is 2.12. The van der Waals surface area contributed by atoms with E-state index < -0.39 is 0 Å². The lowest BCUT2D eigenvalue weighted by Gasteiger charge is -2.14. The lowest BCUT2D eigenvalue weighted by Crippen LogP contribution is -2.20. The highest BCUT2D eigenvalue weighted by Crippen LogP contribution is 2.21. The molecule has 1 unspecified atom stereocenters. The van der Waals surface area contributed by atoms with E-state index in [1.807, 2.05) is 13.8 Å². The second-order valence-electron chi connectivity index (χ2n) is 4.76. The second-order valence-corrected chi connectivity index (χ2v) is 4.76. The van der Waals surface area contributed by atoms with Crippen LogP contribution in [0.2, 0.25) is 0 Å². The molecule has 2 aromatic heterocycles. The first-order chi connectivity index (χ1) is 8.61. The van der Waals surface area contributed by atoms with E-state index in [4.69, 9.17) is 4.42 Å². The van der Waals surface area contributed by atoms with Crippen LogP contribution in [-0.4, -0.2) is 4.57 Å². The lowest BCUT2D eigenvalue weighted by atomic mass is 10.1. The number of hydrogen-bond acceptors (Lipinski definition) is 2. The molecule has 0 radical (unpaired) electrons.